The molecule has 2 aromatic carbocycles. The van der Waals surface area contributed by atoms with Crippen molar-refractivity contribution in [3.63, 3.8) is 0 Å². The number of halogens is 3. The number of unbranched alkanes of at least 4 members (excludes halogenated alkanes) is 2. The molecule has 0 heterocycles. The van der Waals surface area contributed by atoms with Crippen LogP contribution in [-0.2, 0) is 20.4 Å². The van der Waals surface area contributed by atoms with E-state index in [2.05, 4.69) is 87.1 Å². The smallest absolute Gasteiger partial charge is 1.00 e. The number of hydrogen-bond acceptors (Lipinski definition) is 0. The van der Waals surface area contributed by atoms with Gasteiger partial charge in [-0.05, 0) is 0 Å². The van der Waals surface area contributed by atoms with Gasteiger partial charge in [0, 0.05) is 0 Å². The average molecular weight is 530 g/mol. The van der Waals surface area contributed by atoms with E-state index in [1.165, 1.54) is 42.4 Å². The first-order valence-corrected chi connectivity index (χ1v) is 13.1. The fraction of sp³-hybridized carbons (Fsp3) is 0.462. The van der Waals surface area contributed by atoms with Crippen molar-refractivity contribution in [2.24, 2.45) is 0 Å². The fourth-order valence-electron chi connectivity index (χ4n) is 4.97. The summed E-state index contributed by atoms with van der Waals surface area (Å²) in [4.78, 5) is 0. The van der Waals surface area contributed by atoms with Crippen molar-refractivity contribution in [2.45, 2.75) is 80.1 Å². The molecule has 5 heteroatoms. The van der Waals surface area contributed by atoms with Crippen LogP contribution in [0.3, 0.4) is 0 Å². The molecule has 0 fully saturated rings. The van der Waals surface area contributed by atoms with E-state index in [1.54, 1.807) is 42.1 Å². The zero-order valence-electron chi connectivity index (χ0n) is 20.0. The molecule has 1 aliphatic rings. The van der Waals surface area contributed by atoms with Crippen LogP contribution in [-0.4, -0.2) is 9.52 Å². The van der Waals surface area contributed by atoms with Crippen LogP contribution in [0, 0.1) is 34.6 Å². The summed E-state index contributed by atoms with van der Waals surface area (Å²) >= 11 is 2.37. The molecule has 1 atom stereocenters. The molecule has 0 amide bonds. The minimum absolute atomic E-state index is 0. The van der Waals surface area contributed by atoms with E-state index in [0.717, 1.165) is 0 Å². The molecule has 0 saturated heterocycles. The first-order chi connectivity index (χ1) is 13.3. The van der Waals surface area contributed by atoms with E-state index in [1.807, 2.05) is 0 Å². The molecule has 3 rings (SSSR count). The molecule has 0 spiro atoms. The molecule has 0 nitrogen and oxygen atoms in total. The molecule has 0 aliphatic heterocycles. The van der Waals surface area contributed by atoms with E-state index in [4.69, 9.17) is 0 Å². The van der Waals surface area contributed by atoms with E-state index < -0.39 is 9.52 Å². The Morgan fingerprint density at radius 1 is 0.806 bits per heavy atom. The van der Waals surface area contributed by atoms with Gasteiger partial charge in [0.2, 0.25) is 0 Å². The largest absolute Gasteiger partial charge is 1.00 e. The summed E-state index contributed by atoms with van der Waals surface area (Å²) in [6.45, 7) is 16.3. The van der Waals surface area contributed by atoms with Gasteiger partial charge in [0.25, 0.3) is 0 Å². The van der Waals surface area contributed by atoms with Gasteiger partial charge in [0.15, 0.2) is 0 Å². The molecular weight excluding hydrogens is 495 g/mol. The number of hydrogen-bond donors (Lipinski definition) is 0. The second-order valence-corrected chi connectivity index (χ2v) is 11.4. The maximum absolute atomic E-state index is 2.43. The van der Waals surface area contributed by atoms with E-state index >= 15 is 0 Å². The number of rotatable bonds is 6. The summed E-state index contributed by atoms with van der Waals surface area (Å²) in [7, 11) is -0.507. The fourth-order valence-corrected chi connectivity index (χ4v) is 8.25. The Labute approximate surface area is 222 Å². The molecule has 1 unspecified atom stereocenters. The van der Waals surface area contributed by atoms with Crippen LogP contribution in [0.1, 0.15) is 84.4 Å². The van der Waals surface area contributed by atoms with Gasteiger partial charge in [-0.3, -0.25) is 0 Å². The van der Waals surface area contributed by atoms with Crippen LogP contribution in [0.25, 0.3) is 3.88 Å². The number of benzene rings is 2. The third-order valence-electron chi connectivity index (χ3n) is 7.34. The summed E-state index contributed by atoms with van der Waals surface area (Å²) in [6, 6.07) is 7.17. The van der Waals surface area contributed by atoms with Gasteiger partial charge in [-0.25, -0.2) is 0 Å². The maximum atomic E-state index is 2.43. The van der Waals surface area contributed by atoms with E-state index in [9.17, 15) is 0 Å². The molecule has 0 aromatic heterocycles. The number of fused-ring (bicyclic) bond motifs is 1. The monoisotopic (exact) mass is 528 g/mol. The molecule has 1 aliphatic carbocycles. The summed E-state index contributed by atoms with van der Waals surface area (Å²) in [5.74, 6) is 0.652. The van der Waals surface area contributed by atoms with Crippen molar-refractivity contribution >= 4 is 23.8 Å². The van der Waals surface area contributed by atoms with Gasteiger partial charge in [-0.1, -0.05) is 0 Å². The third-order valence-corrected chi connectivity index (χ3v) is 10.7. The second-order valence-electron chi connectivity index (χ2n) is 8.77. The molecule has 0 N–H and O–H groups in total. The molecular formula is C26H35Cl3SiTi. The average Bonchev–Trinajstić information content (AvgIpc) is 2.94. The Morgan fingerprint density at radius 2 is 1.35 bits per heavy atom. The standard InChI is InChI=1S/C26H35Si.3ClH.Ti/c1-8-9-10-12-22-16(2)15-24-23(22)13-11-14-25(24)27-26-20(6)18(4)17(3)19(5)21(26)7;;;;/h11,13-14,22H,8-10,12,27H2,1-7H3;3*1H;/q;;;;+3/p-3. The SMILES string of the molecule is CCCCCC1C(C)=[C]([Ti+3])c2c([SiH2]c3c(C)c(C)c(C)c(C)c3C)cccc21.[Cl-].[Cl-].[Cl-]. The minimum atomic E-state index is -0.507. The predicted molar refractivity (Wildman–Crippen MR) is 124 cm³/mol. The summed E-state index contributed by atoms with van der Waals surface area (Å²) < 4.78 is 1.57. The predicted octanol–water partition coefficient (Wildman–Crippen LogP) is -3.68. The summed E-state index contributed by atoms with van der Waals surface area (Å²) in [5.41, 5.74) is 12.4. The van der Waals surface area contributed by atoms with E-state index in [-0.39, 0.29) is 37.2 Å². The van der Waals surface area contributed by atoms with Crippen LogP contribution in [0.4, 0.5) is 0 Å². The van der Waals surface area contributed by atoms with Crippen molar-refractivity contribution in [3.8, 4) is 0 Å². The Hall–Kier alpha value is -0.0188. The maximum Gasteiger partial charge on any atom is -1.00 e. The minimum Gasteiger partial charge on any atom is -1.00 e. The Morgan fingerprint density at radius 3 is 1.90 bits per heavy atom. The van der Waals surface area contributed by atoms with Crippen LogP contribution >= 0.6 is 0 Å². The third kappa shape index (κ3) is 5.92. The zero-order valence-corrected chi connectivity index (χ0v) is 25.2. The topological polar surface area (TPSA) is 0 Å². The molecule has 31 heavy (non-hydrogen) atoms. The van der Waals surface area contributed by atoms with Crippen LogP contribution in [0.5, 0.6) is 0 Å². The van der Waals surface area contributed by atoms with Crippen molar-refractivity contribution < 1.29 is 57.7 Å². The summed E-state index contributed by atoms with van der Waals surface area (Å²) in [6.07, 6.45) is 5.32. The molecule has 0 saturated carbocycles. The molecule has 168 valence electrons. The van der Waals surface area contributed by atoms with Gasteiger partial charge >= 0.3 is 187 Å². The van der Waals surface area contributed by atoms with Gasteiger partial charge in [-0.2, -0.15) is 0 Å². The molecule has 0 radical (unpaired) electrons. The molecule has 2 aromatic rings. The Kier molecular flexibility index (Phi) is 13.0. The van der Waals surface area contributed by atoms with Crippen molar-refractivity contribution in [1.29, 1.82) is 0 Å². The number of allylic oxidation sites excluding steroid dienone is 1. The Balaban J connectivity index is 0.00000300. The zero-order chi connectivity index (χ0) is 20.6. The van der Waals surface area contributed by atoms with Gasteiger partial charge in [0.1, 0.15) is 0 Å². The quantitative estimate of drug-likeness (QED) is 0.267. The van der Waals surface area contributed by atoms with Crippen molar-refractivity contribution in [2.75, 3.05) is 0 Å². The van der Waals surface area contributed by atoms with Crippen molar-refractivity contribution in [1.82, 2.24) is 0 Å². The van der Waals surface area contributed by atoms with Crippen LogP contribution in [0.15, 0.2) is 23.8 Å². The summed E-state index contributed by atoms with van der Waals surface area (Å²) in [5, 5.41) is 3.33. The van der Waals surface area contributed by atoms with Gasteiger partial charge in [-0.15, -0.1) is 0 Å². The Bertz CT molecular complexity index is 921. The first-order valence-electron chi connectivity index (χ1n) is 10.9. The molecule has 0 bridgehead atoms. The normalized spacial score (nSPS) is 14.9. The first kappa shape index (κ1) is 31.0. The van der Waals surface area contributed by atoms with Gasteiger partial charge < -0.3 is 37.2 Å². The van der Waals surface area contributed by atoms with Crippen LogP contribution in [0.2, 0.25) is 0 Å². The second kappa shape index (κ2) is 13.0. The van der Waals surface area contributed by atoms with E-state index in [0.29, 0.717) is 5.92 Å². The van der Waals surface area contributed by atoms with Gasteiger partial charge in [0.05, 0.1) is 0 Å². The van der Waals surface area contributed by atoms with Crippen molar-refractivity contribution in [3.05, 3.63) is 62.7 Å². The van der Waals surface area contributed by atoms with Crippen LogP contribution < -0.4 is 47.6 Å².